The Morgan fingerprint density at radius 3 is 1.29 bits per heavy atom. The van der Waals surface area contributed by atoms with Gasteiger partial charge in [-0.25, -0.2) is 0 Å². The van der Waals surface area contributed by atoms with Gasteiger partial charge in [-0.15, -0.1) is 0 Å². The van der Waals surface area contributed by atoms with E-state index in [-0.39, 0.29) is 17.4 Å². The van der Waals surface area contributed by atoms with E-state index in [9.17, 15) is 35.5 Å². The summed E-state index contributed by atoms with van der Waals surface area (Å²) in [5.41, 5.74) is 10.0. The van der Waals surface area contributed by atoms with Crippen LogP contribution in [0.3, 0.4) is 0 Å². The first kappa shape index (κ1) is 40.5. The standard InChI is InChI=1S/C41H42N4O8S2/c1-22-19-24(3)38(26(5)35(22)40(46)42-7)44-30-13-9-28(10-14-30)37(33-18-17-32(54(48,49)50)21-34(33)55(51,52)53)29-11-15-31(16-12-29)45-39-25(4)20-23(2)36(27(39)6)41(47)43-8/h9-21,44-45H,1-8H3,(H3-,42,43,46,47,48,49,50,51,52,53)/p+1. The van der Waals surface area contributed by atoms with Gasteiger partial charge in [-0.1, -0.05) is 12.1 Å². The highest BCUT2D eigenvalue weighted by Crippen LogP contribution is 2.38. The molecule has 5 aromatic carbocycles. The maximum absolute atomic E-state index is 12.8. The third-order valence-electron chi connectivity index (χ3n) is 9.54. The molecule has 0 bridgehead atoms. The molecule has 14 heteroatoms. The predicted octanol–water partition coefficient (Wildman–Crippen LogP) is 7.26. The summed E-state index contributed by atoms with van der Waals surface area (Å²) in [6.07, 6.45) is 0. The molecule has 0 aliphatic heterocycles. The van der Waals surface area contributed by atoms with E-state index in [0.717, 1.165) is 50.8 Å². The largest absolute Gasteiger partial charge is 0.355 e. The molecule has 0 aromatic heterocycles. The third kappa shape index (κ3) is 8.37. The zero-order valence-electron chi connectivity index (χ0n) is 31.7. The zero-order chi connectivity index (χ0) is 40.6. The lowest BCUT2D eigenvalue weighted by atomic mass is 9.85. The van der Waals surface area contributed by atoms with Crippen LogP contribution in [0.25, 0.3) is 0 Å². The van der Waals surface area contributed by atoms with E-state index < -0.39 is 30.0 Å². The summed E-state index contributed by atoms with van der Waals surface area (Å²) < 4.78 is 69.6. The number of hydrogen-bond acceptors (Lipinski definition) is 8. The van der Waals surface area contributed by atoms with Crippen LogP contribution in [0.15, 0.2) is 88.7 Å². The van der Waals surface area contributed by atoms with Crippen LogP contribution in [0.4, 0.5) is 22.7 Å². The van der Waals surface area contributed by atoms with Gasteiger partial charge in [-0.2, -0.15) is 16.8 Å². The van der Waals surface area contributed by atoms with Gasteiger partial charge in [-0.3, -0.25) is 18.7 Å². The Morgan fingerprint density at radius 1 is 0.545 bits per heavy atom. The summed E-state index contributed by atoms with van der Waals surface area (Å²) in [5.74, 6) is -0.0793. The molecule has 12 nitrogen and oxygen atoms in total. The fourth-order valence-corrected chi connectivity index (χ4v) is 8.30. The number of anilines is 4. The van der Waals surface area contributed by atoms with Crippen LogP contribution >= 0.6 is 0 Å². The van der Waals surface area contributed by atoms with Crippen LogP contribution in [0.5, 0.6) is 0 Å². The number of carbonyl (C=O) groups is 2. The number of hydrogen-bond donors (Lipinski definition) is 6. The average molecular weight is 784 g/mol. The molecule has 286 valence electrons. The van der Waals surface area contributed by atoms with Crippen LogP contribution in [-0.4, -0.2) is 51.9 Å². The van der Waals surface area contributed by atoms with Gasteiger partial charge in [0, 0.05) is 54.0 Å². The highest BCUT2D eigenvalue weighted by Gasteiger charge is 2.32. The molecule has 0 heterocycles. The van der Waals surface area contributed by atoms with Gasteiger partial charge in [-0.05, 0) is 136 Å². The van der Waals surface area contributed by atoms with Crippen LogP contribution < -0.4 is 21.3 Å². The minimum Gasteiger partial charge on any atom is -0.355 e. The van der Waals surface area contributed by atoms with Crippen LogP contribution in [0, 0.1) is 47.5 Å². The number of aryl methyl sites for hydroxylation is 4. The molecule has 0 fully saturated rings. The molecule has 0 saturated carbocycles. The molecule has 2 amide bonds. The van der Waals surface area contributed by atoms with Gasteiger partial charge in [0.05, 0.1) is 22.6 Å². The molecule has 0 saturated heterocycles. The second-order valence-electron chi connectivity index (χ2n) is 13.3. The number of nitrogens with one attached hydrogen (secondary N) is 4. The molecular weight excluding hydrogens is 741 g/mol. The fourth-order valence-electron chi connectivity index (χ4n) is 6.99. The maximum atomic E-state index is 12.8. The summed E-state index contributed by atoms with van der Waals surface area (Å²) in [5, 5.41) is 12.2. The minimum atomic E-state index is -5.01. The van der Waals surface area contributed by atoms with E-state index in [2.05, 4.69) is 21.3 Å². The number of rotatable bonds is 11. The predicted molar refractivity (Wildman–Crippen MR) is 214 cm³/mol. The van der Waals surface area contributed by atoms with Gasteiger partial charge in [0.25, 0.3) is 21.9 Å². The third-order valence-corrected chi connectivity index (χ3v) is 11.3. The van der Waals surface area contributed by atoms with E-state index in [1.54, 1.807) is 62.6 Å². The molecule has 0 spiro atoms. The Kier molecular flexibility index (Phi) is 11.5. The molecule has 0 atom stereocenters. The Balaban J connectivity index is 1.61. The first-order valence-corrected chi connectivity index (χ1v) is 20.0. The van der Waals surface area contributed by atoms with Crippen molar-refractivity contribution in [3.05, 3.63) is 146 Å². The molecular formula is C41H43N4O8S2+. The van der Waals surface area contributed by atoms with Crippen molar-refractivity contribution in [2.75, 3.05) is 24.7 Å². The lowest BCUT2D eigenvalue weighted by Crippen LogP contribution is -2.21. The number of carbonyl (C=O) groups excluding carboxylic acids is 2. The Labute approximate surface area is 321 Å². The van der Waals surface area contributed by atoms with Crippen molar-refractivity contribution in [2.45, 2.75) is 51.3 Å². The van der Waals surface area contributed by atoms with Crippen molar-refractivity contribution in [3.63, 3.8) is 0 Å². The van der Waals surface area contributed by atoms with Crippen molar-refractivity contribution in [1.82, 2.24) is 10.6 Å². The summed E-state index contributed by atoms with van der Waals surface area (Å²) in [6.45, 7) is 11.3. The van der Waals surface area contributed by atoms with E-state index in [0.29, 0.717) is 45.6 Å². The molecule has 55 heavy (non-hydrogen) atoms. The monoisotopic (exact) mass is 783 g/mol. The first-order chi connectivity index (χ1) is 25.8. The summed E-state index contributed by atoms with van der Waals surface area (Å²) in [7, 11) is -6.69. The molecule has 0 unspecified atom stereocenters. The van der Waals surface area contributed by atoms with Crippen molar-refractivity contribution < 1.29 is 35.5 Å². The van der Waals surface area contributed by atoms with E-state index in [1.807, 2.05) is 53.7 Å². The lowest BCUT2D eigenvalue weighted by Gasteiger charge is -2.20. The van der Waals surface area contributed by atoms with Crippen LogP contribution in [-0.2, 0) is 20.2 Å². The number of benzene rings is 5. The highest BCUT2D eigenvalue weighted by atomic mass is 32.2. The van der Waals surface area contributed by atoms with Crippen molar-refractivity contribution in [3.8, 4) is 0 Å². The summed E-state index contributed by atoms with van der Waals surface area (Å²) >= 11 is 0. The smallest absolute Gasteiger partial charge is 0.315 e. The highest BCUT2D eigenvalue weighted by molar-refractivity contribution is 7.86. The van der Waals surface area contributed by atoms with E-state index >= 15 is 0 Å². The van der Waals surface area contributed by atoms with Gasteiger partial charge < -0.3 is 21.3 Å². The lowest BCUT2D eigenvalue weighted by molar-refractivity contribution is 0.0953. The maximum Gasteiger partial charge on any atom is 0.315 e. The molecule has 5 rings (SSSR count). The quantitative estimate of drug-likeness (QED) is 0.0452. The Morgan fingerprint density at radius 2 is 0.945 bits per heavy atom. The minimum absolute atomic E-state index is 0.0165. The van der Waals surface area contributed by atoms with Crippen LogP contribution in [0.1, 0.15) is 70.8 Å². The first-order valence-electron chi connectivity index (χ1n) is 17.1. The second kappa shape index (κ2) is 15.6. The normalized spacial score (nSPS) is 11.5. The zero-order valence-corrected chi connectivity index (χ0v) is 33.3. The molecule has 5 aromatic rings. The molecule has 0 aliphatic rings. The van der Waals surface area contributed by atoms with E-state index in [1.165, 1.54) is 6.07 Å². The van der Waals surface area contributed by atoms with Gasteiger partial charge in [0.15, 0.2) is 0 Å². The van der Waals surface area contributed by atoms with Crippen molar-refractivity contribution in [2.24, 2.45) is 0 Å². The molecule has 6 N–H and O–H groups in total. The van der Waals surface area contributed by atoms with Crippen molar-refractivity contribution in [1.29, 1.82) is 0 Å². The Hall–Kier alpha value is -5.67. The Bertz CT molecular complexity index is 2430. The van der Waals surface area contributed by atoms with Gasteiger partial charge in [0.1, 0.15) is 9.79 Å². The number of amides is 2. The van der Waals surface area contributed by atoms with Gasteiger partial charge >= 0.3 is 10.1 Å². The topological polar surface area (TPSA) is 191 Å². The van der Waals surface area contributed by atoms with Crippen LogP contribution in [0.2, 0.25) is 0 Å². The summed E-state index contributed by atoms with van der Waals surface area (Å²) in [4.78, 5) is 23.9. The molecule has 0 aliphatic carbocycles. The summed E-state index contributed by atoms with van der Waals surface area (Å²) in [6, 6.07) is 20.9. The van der Waals surface area contributed by atoms with Gasteiger partial charge in [0.2, 0.25) is 0 Å². The fraction of sp³-hybridized carbons (Fsp3) is 0.195. The molecule has 0 radical (unpaired) electrons. The van der Waals surface area contributed by atoms with Crippen molar-refractivity contribution >= 4 is 54.8 Å². The van der Waals surface area contributed by atoms with E-state index in [4.69, 9.17) is 0 Å². The SMILES string of the molecule is CNC(=O)c1c(C)cc(C)c(Nc2ccc([C+](c3ccc(Nc4c(C)cc(C)c(C(=O)NC)c4C)cc3)c3ccc(S(=O)(=O)O)cc3S(=O)(=O)O)cc2)c1C. The second-order valence-corrected chi connectivity index (χ2v) is 16.1. The average Bonchev–Trinajstić information content (AvgIpc) is 3.12.